The number of ether oxygens (including phenoxy) is 4. The SMILES string of the molecule is O=C(CCOCCOCCN(CCOCCOCCC(=O)ON1C(=O)CCC1=O)C(=O)CN1C(=O)C=CC1=O)ON1C(=O)CCC1=O. The van der Waals surface area contributed by atoms with Gasteiger partial charge in [0.15, 0.2) is 0 Å². The van der Waals surface area contributed by atoms with Gasteiger partial charge in [-0.15, -0.1) is 10.1 Å². The predicted octanol–water partition coefficient (Wildman–Crippen LogP) is -2.20. The first-order valence-electron chi connectivity index (χ1n) is 14.8. The fourth-order valence-electron chi connectivity index (χ4n) is 4.10. The van der Waals surface area contributed by atoms with Crippen LogP contribution in [-0.4, -0.2) is 146 Å². The van der Waals surface area contributed by atoms with Crippen molar-refractivity contribution in [3.63, 3.8) is 0 Å². The third kappa shape index (κ3) is 12.3. The highest BCUT2D eigenvalue weighted by atomic mass is 16.7. The van der Waals surface area contributed by atoms with Crippen molar-refractivity contribution in [1.82, 2.24) is 19.9 Å². The van der Waals surface area contributed by atoms with Crippen LogP contribution in [-0.2, 0) is 71.8 Å². The first-order chi connectivity index (χ1) is 22.6. The van der Waals surface area contributed by atoms with E-state index in [1.54, 1.807) is 0 Å². The molecule has 3 aliphatic rings. The zero-order chi connectivity index (χ0) is 34.2. The summed E-state index contributed by atoms with van der Waals surface area (Å²) < 4.78 is 21.5. The number of nitrogens with zero attached hydrogens (tertiary/aromatic N) is 4. The van der Waals surface area contributed by atoms with Gasteiger partial charge in [-0.2, -0.15) is 0 Å². The van der Waals surface area contributed by atoms with Crippen molar-refractivity contribution >= 4 is 53.3 Å². The molecular formula is C28H36N4O15. The van der Waals surface area contributed by atoms with Gasteiger partial charge in [-0.1, -0.05) is 0 Å². The Morgan fingerprint density at radius 2 is 0.915 bits per heavy atom. The third-order valence-electron chi connectivity index (χ3n) is 6.60. The number of hydrogen-bond acceptors (Lipinski definition) is 15. The van der Waals surface area contributed by atoms with E-state index in [0.717, 1.165) is 17.1 Å². The van der Waals surface area contributed by atoms with Gasteiger partial charge in [0.05, 0.1) is 65.7 Å². The second kappa shape index (κ2) is 19.2. The van der Waals surface area contributed by atoms with E-state index in [9.17, 15) is 43.2 Å². The zero-order valence-electron chi connectivity index (χ0n) is 25.6. The molecule has 0 radical (unpaired) electrons. The van der Waals surface area contributed by atoms with Crippen LogP contribution in [0.3, 0.4) is 0 Å². The Balaban J connectivity index is 1.28. The second-order valence-corrected chi connectivity index (χ2v) is 10.0. The van der Waals surface area contributed by atoms with E-state index in [4.69, 9.17) is 28.6 Å². The lowest BCUT2D eigenvalue weighted by Gasteiger charge is -2.25. The number of hydrogen-bond donors (Lipinski definition) is 0. The maximum absolute atomic E-state index is 12.9. The van der Waals surface area contributed by atoms with E-state index < -0.39 is 59.8 Å². The van der Waals surface area contributed by atoms with E-state index in [-0.39, 0.29) is 104 Å². The van der Waals surface area contributed by atoms with Crippen LogP contribution in [0.5, 0.6) is 0 Å². The highest BCUT2D eigenvalue weighted by Crippen LogP contribution is 2.13. The van der Waals surface area contributed by atoms with Gasteiger partial charge >= 0.3 is 11.9 Å². The summed E-state index contributed by atoms with van der Waals surface area (Å²) >= 11 is 0. The van der Waals surface area contributed by atoms with Crippen LogP contribution in [0.2, 0.25) is 0 Å². The number of rotatable bonds is 22. The summed E-state index contributed by atoms with van der Waals surface area (Å²) in [5.41, 5.74) is 0. The summed E-state index contributed by atoms with van der Waals surface area (Å²) in [7, 11) is 0. The zero-order valence-corrected chi connectivity index (χ0v) is 25.6. The Morgan fingerprint density at radius 1 is 0.553 bits per heavy atom. The Morgan fingerprint density at radius 3 is 1.30 bits per heavy atom. The molecule has 19 heteroatoms. The molecule has 0 atom stereocenters. The van der Waals surface area contributed by atoms with Gasteiger partial charge in [0, 0.05) is 50.9 Å². The topological polar surface area (TPSA) is 222 Å². The van der Waals surface area contributed by atoms with Crippen LogP contribution in [0.4, 0.5) is 0 Å². The fourth-order valence-corrected chi connectivity index (χ4v) is 4.10. The van der Waals surface area contributed by atoms with Crippen LogP contribution < -0.4 is 0 Å². The van der Waals surface area contributed by atoms with E-state index in [2.05, 4.69) is 0 Å². The van der Waals surface area contributed by atoms with Gasteiger partial charge in [-0.05, 0) is 0 Å². The highest BCUT2D eigenvalue weighted by Gasteiger charge is 2.33. The number of amides is 7. The van der Waals surface area contributed by atoms with Crippen LogP contribution in [0.25, 0.3) is 0 Å². The smallest absolute Gasteiger partial charge is 0.335 e. The molecule has 0 spiro atoms. The summed E-state index contributed by atoms with van der Waals surface area (Å²) in [5.74, 6) is -5.61. The monoisotopic (exact) mass is 668 g/mol. The van der Waals surface area contributed by atoms with Crippen LogP contribution in [0.15, 0.2) is 12.2 Å². The molecule has 3 aliphatic heterocycles. The second-order valence-electron chi connectivity index (χ2n) is 10.0. The average Bonchev–Trinajstić information content (AvgIpc) is 3.65. The molecule has 0 aliphatic carbocycles. The lowest BCUT2D eigenvalue weighted by atomic mass is 10.4. The number of hydroxylamine groups is 4. The lowest BCUT2D eigenvalue weighted by Crippen LogP contribution is -2.45. The largest absolute Gasteiger partial charge is 0.378 e. The molecule has 0 aromatic heterocycles. The van der Waals surface area contributed by atoms with Crippen molar-refractivity contribution < 1.29 is 71.8 Å². The molecule has 47 heavy (non-hydrogen) atoms. The number of carbonyl (C=O) groups excluding carboxylic acids is 9. The Hall–Kier alpha value is -4.59. The molecule has 0 saturated carbocycles. The summed E-state index contributed by atoms with van der Waals surface area (Å²) in [6.45, 7) is 0.204. The molecule has 0 N–H and O–H groups in total. The van der Waals surface area contributed by atoms with Gasteiger partial charge in [0.1, 0.15) is 6.54 Å². The van der Waals surface area contributed by atoms with Gasteiger partial charge in [0.2, 0.25) is 5.91 Å². The molecule has 2 fully saturated rings. The Labute approximate surface area is 268 Å². The molecule has 2 saturated heterocycles. The van der Waals surface area contributed by atoms with E-state index >= 15 is 0 Å². The molecule has 0 aromatic carbocycles. The van der Waals surface area contributed by atoms with Crippen molar-refractivity contribution in [3.8, 4) is 0 Å². The lowest BCUT2D eigenvalue weighted by molar-refractivity contribution is -0.198. The maximum atomic E-state index is 12.9. The van der Waals surface area contributed by atoms with Crippen molar-refractivity contribution in [1.29, 1.82) is 0 Å². The Kier molecular flexibility index (Phi) is 15.0. The normalized spacial score (nSPS) is 16.2. The quantitative estimate of drug-likeness (QED) is 0.0882. The summed E-state index contributed by atoms with van der Waals surface area (Å²) in [5, 5.41) is 0.912. The van der Waals surface area contributed by atoms with Crippen LogP contribution >= 0.6 is 0 Å². The van der Waals surface area contributed by atoms with E-state index in [0.29, 0.717) is 10.1 Å². The van der Waals surface area contributed by atoms with E-state index in [1.807, 2.05) is 0 Å². The molecule has 3 rings (SSSR count). The first-order valence-corrected chi connectivity index (χ1v) is 14.8. The highest BCUT2D eigenvalue weighted by molar-refractivity contribution is 6.14. The summed E-state index contributed by atoms with van der Waals surface area (Å²) in [4.78, 5) is 118. The molecule has 258 valence electrons. The molecule has 0 bridgehead atoms. The minimum Gasteiger partial charge on any atom is -0.378 e. The minimum absolute atomic E-state index is 0.00524. The minimum atomic E-state index is -0.794. The number of imide groups is 3. The molecule has 0 aromatic rings. The first kappa shape index (κ1) is 36.9. The van der Waals surface area contributed by atoms with Gasteiger partial charge in [0.25, 0.3) is 35.4 Å². The van der Waals surface area contributed by atoms with Crippen molar-refractivity contribution in [2.24, 2.45) is 0 Å². The molecular weight excluding hydrogens is 632 g/mol. The van der Waals surface area contributed by atoms with Crippen LogP contribution in [0.1, 0.15) is 38.5 Å². The summed E-state index contributed by atoms with van der Waals surface area (Å²) in [6, 6.07) is 0. The van der Waals surface area contributed by atoms with Crippen molar-refractivity contribution in [3.05, 3.63) is 12.2 Å². The summed E-state index contributed by atoms with van der Waals surface area (Å²) in [6.07, 6.45) is 1.74. The van der Waals surface area contributed by atoms with E-state index in [1.165, 1.54) is 4.90 Å². The van der Waals surface area contributed by atoms with Crippen molar-refractivity contribution in [2.75, 3.05) is 72.5 Å². The van der Waals surface area contributed by atoms with Gasteiger partial charge in [-0.3, -0.25) is 38.5 Å². The maximum Gasteiger partial charge on any atom is 0.335 e. The fraction of sp³-hybridized carbons (Fsp3) is 0.607. The average molecular weight is 669 g/mol. The molecule has 19 nitrogen and oxygen atoms in total. The van der Waals surface area contributed by atoms with Crippen LogP contribution in [0, 0.1) is 0 Å². The number of carbonyl (C=O) groups is 9. The van der Waals surface area contributed by atoms with Crippen molar-refractivity contribution in [2.45, 2.75) is 38.5 Å². The van der Waals surface area contributed by atoms with Gasteiger partial charge < -0.3 is 33.5 Å². The third-order valence-corrected chi connectivity index (χ3v) is 6.60. The standard InChI is InChI=1S/C28H36N4O15/c33-20-1-2-21(34)30(20)19-26(39)29(9-13-44-17-15-42-11-7-27(40)46-31-22(35)3-4-23(31)36)10-14-45-18-16-43-12-8-28(41)47-32-24(37)5-6-25(32)38/h1-2H,3-19H2. The Bertz CT molecular complexity index is 1140. The van der Waals surface area contributed by atoms with Gasteiger partial charge in [-0.25, -0.2) is 9.59 Å². The molecule has 7 amide bonds. The molecule has 0 unspecified atom stereocenters. The molecule has 3 heterocycles. The predicted molar refractivity (Wildman–Crippen MR) is 149 cm³/mol.